The molecular weight excluding hydrogens is 316 g/mol. The van der Waals surface area contributed by atoms with E-state index in [1.807, 2.05) is 19.1 Å². The zero-order valence-corrected chi connectivity index (χ0v) is 13.9. The van der Waals surface area contributed by atoms with Crippen molar-refractivity contribution in [2.75, 3.05) is 11.9 Å². The Morgan fingerprint density at radius 1 is 1.48 bits per heavy atom. The van der Waals surface area contributed by atoms with Crippen molar-refractivity contribution in [1.29, 1.82) is 0 Å². The maximum absolute atomic E-state index is 12.6. The van der Waals surface area contributed by atoms with Crippen LogP contribution in [0.25, 0.3) is 0 Å². The third kappa shape index (κ3) is 3.68. The standard InChI is InChI=1S/C15H19ClN6O/c1-10-5-6-11(16)12(8-10)17-15(23)13-4-3-7-22(13)9-14-18-20-21(2)19-14/h5-6,8,13H,3-4,7,9H2,1-2H3,(H,17,23)/t13-/m1/s1. The lowest BCUT2D eigenvalue weighted by Crippen LogP contribution is -2.39. The van der Waals surface area contributed by atoms with E-state index in [1.165, 1.54) is 4.80 Å². The Morgan fingerprint density at radius 3 is 3.04 bits per heavy atom. The molecule has 23 heavy (non-hydrogen) atoms. The smallest absolute Gasteiger partial charge is 0.241 e. The highest BCUT2D eigenvalue weighted by molar-refractivity contribution is 6.33. The lowest BCUT2D eigenvalue weighted by atomic mass is 10.2. The molecule has 1 atom stereocenters. The van der Waals surface area contributed by atoms with Crippen molar-refractivity contribution in [3.05, 3.63) is 34.6 Å². The van der Waals surface area contributed by atoms with Gasteiger partial charge in [0, 0.05) is 0 Å². The number of tetrazole rings is 1. The van der Waals surface area contributed by atoms with E-state index in [0.717, 1.165) is 24.9 Å². The SMILES string of the molecule is Cc1ccc(Cl)c(NC(=O)[C@H]2CCCN2Cc2nnn(C)n2)c1. The van der Waals surface area contributed by atoms with Gasteiger partial charge in [-0.3, -0.25) is 9.69 Å². The zero-order valence-electron chi connectivity index (χ0n) is 13.2. The predicted molar refractivity (Wildman–Crippen MR) is 87.0 cm³/mol. The Balaban J connectivity index is 1.69. The van der Waals surface area contributed by atoms with Gasteiger partial charge in [-0.05, 0) is 49.2 Å². The van der Waals surface area contributed by atoms with Gasteiger partial charge in [0.2, 0.25) is 5.91 Å². The lowest BCUT2D eigenvalue weighted by Gasteiger charge is -2.22. The van der Waals surface area contributed by atoms with Crippen molar-refractivity contribution < 1.29 is 4.79 Å². The number of amides is 1. The normalized spacial score (nSPS) is 18.3. The number of likely N-dealkylation sites (tertiary alicyclic amines) is 1. The molecule has 1 aliphatic heterocycles. The van der Waals surface area contributed by atoms with E-state index < -0.39 is 0 Å². The molecule has 1 aromatic carbocycles. The molecule has 0 unspecified atom stereocenters. The molecule has 8 heteroatoms. The van der Waals surface area contributed by atoms with Crippen LogP contribution in [0.5, 0.6) is 0 Å². The summed E-state index contributed by atoms with van der Waals surface area (Å²) < 4.78 is 0. The van der Waals surface area contributed by atoms with Crippen LogP contribution in [-0.2, 0) is 18.4 Å². The quantitative estimate of drug-likeness (QED) is 0.922. The monoisotopic (exact) mass is 334 g/mol. The molecule has 1 aromatic heterocycles. The summed E-state index contributed by atoms with van der Waals surface area (Å²) in [5.74, 6) is 0.583. The highest BCUT2D eigenvalue weighted by Crippen LogP contribution is 2.25. The number of benzene rings is 1. The Hall–Kier alpha value is -1.99. The zero-order chi connectivity index (χ0) is 16.4. The molecule has 0 bridgehead atoms. The van der Waals surface area contributed by atoms with Gasteiger partial charge in [-0.25, -0.2) is 0 Å². The van der Waals surface area contributed by atoms with Crippen LogP contribution < -0.4 is 5.32 Å². The molecule has 3 rings (SSSR count). The minimum Gasteiger partial charge on any atom is -0.323 e. The van der Waals surface area contributed by atoms with Crippen LogP contribution in [0.15, 0.2) is 18.2 Å². The predicted octanol–water partition coefficient (Wildman–Crippen LogP) is 1.78. The average molecular weight is 335 g/mol. The molecule has 0 radical (unpaired) electrons. The molecule has 2 heterocycles. The van der Waals surface area contributed by atoms with Crippen molar-refractivity contribution in [1.82, 2.24) is 25.1 Å². The Labute approximate surface area is 139 Å². The number of hydrogen-bond acceptors (Lipinski definition) is 5. The molecule has 2 aromatic rings. The number of rotatable bonds is 4. The van der Waals surface area contributed by atoms with Crippen LogP contribution in [0.2, 0.25) is 5.02 Å². The second-order valence-electron chi connectivity index (χ2n) is 5.80. The number of aryl methyl sites for hydroxylation is 2. The summed E-state index contributed by atoms with van der Waals surface area (Å²) in [5, 5.41) is 15.5. The molecular formula is C15H19ClN6O. The molecule has 1 N–H and O–H groups in total. The van der Waals surface area contributed by atoms with Crippen LogP contribution in [0.1, 0.15) is 24.2 Å². The molecule has 122 valence electrons. The van der Waals surface area contributed by atoms with E-state index >= 15 is 0 Å². The van der Waals surface area contributed by atoms with E-state index in [2.05, 4.69) is 25.6 Å². The summed E-state index contributed by atoms with van der Waals surface area (Å²) in [4.78, 5) is 16.1. The number of nitrogens with zero attached hydrogens (tertiary/aromatic N) is 5. The maximum Gasteiger partial charge on any atom is 0.241 e. The minimum atomic E-state index is -0.199. The summed E-state index contributed by atoms with van der Waals surface area (Å²) in [5.41, 5.74) is 1.71. The van der Waals surface area contributed by atoms with Crippen molar-refractivity contribution in [2.24, 2.45) is 7.05 Å². The second kappa shape index (κ2) is 6.64. The van der Waals surface area contributed by atoms with Crippen LogP contribution in [0.4, 0.5) is 5.69 Å². The summed E-state index contributed by atoms with van der Waals surface area (Å²) in [6, 6.07) is 5.39. The minimum absolute atomic E-state index is 0.0427. The molecule has 1 aliphatic rings. The summed E-state index contributed by atoms with van der Waals surface area (Å²) >= 11 is 6.16. The largest absolute Gasteiger partial charge is 0.323 e. The second-order valence-corrected chi connectivity index (χ2v) is 6.20. The van der Waals surface area contributed by atoms with E-state index in [0.29, 0.717) is 23.1 Å². The lowest BCUT2D eigenvalue weighted by molar-refractivity contribution is -0.120. The van der Waals surface area contributed by atoms with Gasteiger partial charge in [0.05, 0.1) is 30.3 Å². The van der Waals surface area contributed by atoms with Gasteiger partial charge in [0.1, 0.15) is 0 Å². The summed E-state index contributed by atoms with van der Waals surface area (Å²) in [7, 11) is 1.73. The number of halogens is 1. The van der Waals surface area contributed by atoms with E-state index in [9.17, 15) is 4.79 Å². The van der Waals surface area contributed by atoms with Crippen LogP contribution >= 0.6 is 11.6 Å². The third-order valence-electron chi connectivity index (χ3n) is 3.94. The molecule has 1 saturated heterocycles. The molecule has 7 nitrogen and oxygen atoms in total. The van der Waals surface area contributed by atoms with Gasteiger partial charge >= 0.3 is 0 Å². The first-order chi connectivity index (χ1) is 11.0. The highest BCUT2D eigenvalue weighted by atomic mass is 35.5. The van der Waals surface area contributed by atoms with E-state index in [4.69, 9.17) is 11.6 Å². The van der Waals surface area contributed by atoms with Gasteiger partial charge in [0.15, 0.2) is 5.82 Å². The maximum atomic E-state index is 12.6. The summed E-state index contributed by atoms with van der Waals surface area (Å²) in [6.45, 7) is 3.33. The van der Waals surface area contributed by atoms with Crippen molar-refractivity contribution in [2.45, 2.75) is 32.4 Å². The number of nitrogens with one attached hydrogen (secondary N) is 1. The van der Waals surface area contributed by atoms with Crippen molar-refractivity contribution >= 4 is 23.2 Å². The molecule has 1 amide bonds. The number of aromatic nitrogens is 4. The number of hydrogen-bond donors (Lipinski definition) is 1. The Bertz CT molecular complexity index is 716. The van der Waals surface area contributed by atoms with Crippen LogP contribution in [0, 0.1) is 6.92 Å². The first-order valence-electron chi connectivity index (χ1n) is 7.57. The first kappa shape index (κ1) is 15.9. The van der Waals surface area contributed by atoms with Gasteiger partial charge in [-0.2, -0.15) is 4.80 Å². The van der Waals surface area contributed by atoms with E-state index in [1.54, 1.807) is 13.1 Å². The van der Waals surface area contributed by atoms with Gasteiger partial charge in [0.25, 0.3) is 0 Å². The fraction of sp³-hybridized carbons (Fsp3) is 0.467. The van der Waals surface area contributed by atoms with E-state index in [-0.39, 0.29) is 11.9 Å². The average Bonchev–Trinajstić information content (AvgIpc) is 3.12. The Morgan fingerprint density at radius 2 is 2.30 bits per heavy atom. The van der Waals surface area contributed by atoms with Crippen molar-refractivity contribution in [3.8, 4) is 0 Å². The summed E-state index contributed by atoms with van der Waals surface area (Å²) in [6.07, 6.45) is 1.79. The molecule has 1 fully saturated rings. The van der Waals surface area contributed by atoms with Gasteiger partial charge in [-0.1, -0.05) is 17.7 Å². The van der Waals surface area contributed by atoms with Crippen LogP contribution in [0.3, 0.4) is 0 Å². The highest BCUT2D eigenvalue weighted by Gasteiger charge is 2.31. The fourth-order valence-corrected chi connectivity index (χ4v) is 3.00. The number of carbonyl (C=O) groups excluding carboxylic acids is 1. The third-order valence-corrected chi connectivity index (χ3v) is 4.27. The van der Waals surface area contributed by atoms with Crippen molar-refractivity contribution in [3.63, 3.8) is 0 Å². The van der Waals surface area contributed by atoms with Crippen LogP contribution in [-0.4, -0.2) is 43.6 Å². The topological polar surface area (TPSA) is 75.9 Å². The number of anilines is 1. The first-order valence-corrected chi connectivity index (χ1v) is 7.94. The Kier molecular flexibility index (Phi) is 4.58. The molecule has 0 spiro atoms. The fourth-order valence-electron chi connectivity index (χ4n) is 2.83. The van der Waals surface area contributed by atoms with Gasteiger partial charge < -0.3 is 5.32 Å². The molecule has 0 aliphatic carbocycles. The molecule has 0 saturated carbocycles. The number of carbonyl (C=O) groups is 1. The van der Waals surface area contributed by atoms with Gasteiger partial charge in [-0.15, -0.1) is 10.2 Å².